The molecule has 0 radical (unpaired) electrons. The molecule has 0 saturated heterocycles. The van der Waals surface area contributed by atoms with Gasteiger partial charge in [-0.1, -0.05) is 36.4 Å². The summed E-state index contributed by atoms with van der Waals surface area (Å²) in [5, 5.41) is 12.9. The van der Waals surface area contributed by atoms with E-state index in [1.54, 1.807) is 6.08 Å². The fourth-order valence-corrected chi connectivity index (χ4v) is 3.38. The lowest BCUT2D eigenvalue weighted by molar-refractivity contribution is -0.137. The molecule has 2 rings (SSSR count). The SMILES string of the molecule is CCNC(=O)CCCC=CCC1C(=O)CC=C1C=CC(O)COc1cccc(C(F)(F)F)c1. The molecule has 0 aromatic heterocycles. The summed E-state index contributed by atoms with van der Waals surface area (Å²) in [6, 6.07) is 4.47. The molecule has 1 aliphatic carbocycles. The third-order valence-corrected chi connectivity index (χ3v) is 5.11. The number of amides is 1. The van der Waals surface area contributed by atoms with E-state index in [1.807, 2.05) is 25.2 Å². The number of benzene rings is 1. The van der Waals surface area contributed by atoms with E-state index in [4.69, 9.17) is 4.74 Å². The number of rotatable bonds is 12. The molecule has 8 heteroatoms. The van der Waals surface area contributed by atoms with Crippen LogP contribution in [-0.4, -0.2) is 36.1 Å². The zero-order valence-electron chi connectivity index (χ0n) is 18.6. The molecule has 1 aliphatic rings. The van der Waals surface area contributed by atoms with Crippen LogP contribution < -0.4 is 10.1 Å². The molecule has 1 aromatic rings. The monoisotopic (exact) mass is 465 g/mol. The quantitative estimate of drug-likeness (QED) is 0.345. The maximum atomic E-state index is 12.8. The fourth-order valence-electron chi connectivity index (χ4n) is 3.38. The summed E-state index contributed by atoms with van der Waals surface area (Å²) >= 11 is 0. The highest BCUT2D eigenvalue weighted by molar-refractivity contribution is 5.89. The number of aliphatic hydroxyl groups excluding tert-OH is 1. The Balaban J connectivity index is 1.80. The Bertz CT molecular complexity index is 890. The minimum Gasteiger partial charge on any atom is -0.491 e. The van der Waals surface area contributed by atoms with E-state index in [0.717, 1.165) is 30.5 Å². The minimum absolute atomic E-state index is 0.0164. The van der Waals surface area contributed by atoms with Crippen LogP contribution in [0.4, 0.5) is 13.2 Å². The molecular weight excluding hydrogens is 435 g/mol. The van der Waals surface area contributed by atoms with Gasteiger partial charge in [0.1, 0.15) is 24.2 Å². The maximum Gasteiger partial charge on any atom is 0.416 e. The van der Waals surface area contributed by atoms with E-state index < -0.39 is 17.8 Å². The van der Waals surface area contributed by atoms with Crippen LogP contribution in [0.25, 0.3) is 0 Å². The predicted molar refractivity (Wildman–Crippen MR) is 120 cm³/mol. The number of aliphatic hydroxyl groups is 1. The van der Waals surface area contributed by atoms with Gasteiger partial charge in [-0.2, -0.15) is 13.2 Å². The van der Waals surface area contributed by atoms with Gasteiger partial charge in [-0.15, -0.1) is 0 Å². The van der Waals surface area contributed by atoms with Gasteiger partial charge < -0.3 is 15.2 Å². The van der Waals surface area contributed by atoms with Crippen LogP contribution in [-0.2, 0) is 15.8 Å². The van der Waals surface area contributed by atoms with Gasteiger partial charge >= 0.3 is 6.18 Å². The van der Waals surface area contributed by atoms with Crippen molar-refractivity contribution in [1.82, 2.24) is 5.32 Å². The second-order valence-corrected chi connectivity index (χ2v) is 7.74. The number of hydrogen-bond acceptors (Lipinski definition) is 4. The number of carbonyl (C=O) groups excluding carboxylic acids is 2. The van der Waals surface area contributed by atoms with E-state index in [2.05, 4.69) is 5.32 Å². The lowest BCUT2D eigenvalue weighted by Gasteiger charge is -2.12. The van der Waals surface area contributed by atoms with E-state index in [1.165, 1.54) is 18.2 Å². The average molecular weight is 466 g/mol. The Morgan fingerprint density at radius 2 is 2.12 bits per heavy atom. The fraction of sp³-hybridized carbons (Fsp3) is 0.440. The van der Waals surface area contributed by atoms with E-state index >= 15 is 0 Å². The van der Waals surface area contributed by atoms with Crippen LogP contribution in [0.5, 0.6) is 5.75 Å². The number of carbonyl (C=O) groups is 2. The largest absolute Gasteiger partial charge is 0.491 e. The standard InChI is InChI=1S/C25H30F3NO4/c1-2-29-24(32)11-6-4-3-5-10-22-18(13-15-23(22)31)12-14-20(30)17-33-21-9-7-8-19(16-21)25(26,27)28/h3,5,7-9,12-14,16,20,22,30H,2,4,6,10-11,15,17H2,1H3,(H,29,32). The summed E-state index contributed by atoms with van der Waals surface area (Å²) in [5.74, 6) is -0.153. The van der Waals surface area contributed by atoms with Crippen molar-refractivity contribution in [2.45, 2.75) is 51.3 Å². The molecule has 0 fully saturated rings. The van der Waals surface area contributed by atoms with Gasteiger partial charge in [-0.3, -0.25) is 9.59 Å². The van der Waals surface area contributed by atoms with Gasteiger partial charge in [0, 0.05) is 25.3 Å². The summed E-state index contributed by atoms with van der Waals surface area (Å²) in [6.45, 7) is 2.28. The molecular formula is C25H30F3NO4. The Labute approximate surface area is 192 Å². The van der Waals surface area contributed by atoms with Crippen molar-refractivity contribution in [3.8, 4) is 5.75 Å². The molecule has 2 N–H and O–H groups in total. The van der Waals surface area contributed by atoms with Crippen molar-refractivity contribution in [3.63, 3.8) is 0 Å². The molecule has 0 bridgehead atoms. The number of unbranched alkanes of at least 4 members (excludes halogenated alkanes) is 1. The topological polar surface area (TPSA) is 75.6 Å². The Hall–Kier alpha value is -2.87. The highest BCUT2D eigenvalue weighted by Gasteiger charge is 2.30. The van der Waals surface area contributed by atoms with Crippen molar-refractivity contribution >= 4 is 11.7 Å². The molecule has 0 heterocycles. The molecule has 180 valence electrons. The first-order valence-electron chi connectivity index (χ1n) is 11.0. The summed E-state index contributed by atoms with van der Waals surface area (Å²) < 4.78 is 43.6. The summed E-state index contributed by atoms with van der Waals surface area (Å²) in [6.07, 6.45) is 6.15. The molecule has 33 heavy (non-hydrogen) atoms. The van der Waals surface area contributed by atoms with Gasteiger partial charge in [-0.05, 0) is 50.0 Å². The molecule has 1 amide bonds. The van der Waals surface area contributed by atoms with Gasteiger partial charge in [0.2, 0.25) is 5.91 Å². The number of allylic oxidation sites excluding steroid dienone is 5. The van der Waals surface area contributed by atoms with Crippen LogP contribution >= 0.6 is 0 Å². The van der Waals surface area contributed by atoms with Crippen molar-refractivity contribution < 1.29 is 32.6 Å². The first kappa shape index (κ1) is 26.4. The van der Waals surface area contributed by atoms with Crippen LogP contribution in [0.3, 0.4) is 0 Å². The van der Waals surface area contributed by atoms with E-state index in [-0.39, 0.29) is 30.0 Å². The van der Waals surface area contributed by atoms with Crippen LogP contribution in [0.1, 0.15) is 44.6 Å². The Morgan fingerprint density at radius 1 is 1.33 bits per heavy atom. The lowest BCUT2D eigenvalue weighted by atomic mass is 9.95. The number of alkyl halides is 3. The molecule has 2 unspecified atom stereocenters. The smallest absolute Gasteiger partial charge is 0.416 e. The third kappa shape index (κ3) is 9.26. The first-order valence-corrected chi connectivity index (χ1v) is 11.0. The van der Waals surface area contributed by atoms with Crippen molar-refractivity contribution in [3.05, 3.63) is 65.8 Å². The van der Waals surface area contributed by atoms with Crippen LogP contribution in [0, 0.1) is 5.92 Å². The summed E-state index contributed by atoms with van der Waals surface area (Å²) in [7, 11) is 0. The second-order valence-electron chi connectivity index (χ2n) is 7.74. The number of hydrogen-bond donors (Lipinski definition) is 2. The van der Waals surface area contributed by atoms with Crippen molar-refractivity contribution in [2.24, 2.45) is 5.92 Å². The molecule has 2 atom stereocenters. The van der Waals surface area contributed by atoms with Gasteiger partial charge in [-0.25, -0.2) is 0 Å². The Morgan fingerprint density at radius 3 is 2.85 bits per heavy atom. The molecule has 0 aliphatic heterocycles. The average Bonchev–Trinajstić information content (AvgIpc) is 3.12. The van der Waals surface area contributed by atoms with E-state index in [0.29, 0.717) is 25.8 Å². The zero-order chi connectivity index (χ0) is 24.3. The number of ketones is 1. The van der Waals surface area contributed by atoms with Crippen LogP contribution in [0.2, 0.25) is 0 Å². The van der Waals surface area contributed by atoms with Crippen LogP contribution in [0.15, 0.2) is 60.2 Å². The van der Waals surface area contributed by atoms with Gasteiger partial charge in [0.25, 0.3) is 0 Å². The van der Waals surface area contributed by atoms with Crippen molar-refractivity contribution in [1.29, 1.82) is 0 Å². The van der Waals surface area contributed by atoms with Crippen molar-refractivity contribution in [2.75, 3.05) is 13.2 Å². The number of Topliss-reactive ketones (excluding diaryl/α,β-unsaturated/α-hetero) is 1. The summed E-state index contributed by atoms with van der Waals surface area (Å²) in [5.41, 5.74) is -0.0233. The lowest BCUT2D eigenvalue weighted by Crippen LogP contribution is -2.21. The number of ether oxygens (including phenoxy) is 1. The molecule has 5 nitrogen and oxygen atoms in total. The minimum atomic E-state index is -4.47. The second kappa shape index (κ2) is 13.0. The first-order chi connectivity index (χ1) is 15.7. The number of nitrogens with one attached hydrogen (secondary N) is 1. The molecule has 0 saturated carbocycles. The maximum absolute atomic E-state index is 12.8. The highest BCUT2D eigenvalue weighted by atomic mass is 19.4. The van der Waals surface area contributed by atoms with Gasteiger partial charge in [0.05, 0.1) is 5.56 Å². The van der Waals surface area contributed by atoms with E-state index in [9.17, 15) is 27.9 Å². The normalized spacial score (nSPS) is 17.5. The Kier molecular flexibility index (Phi) is 10.4. The summed E-state index contributed by atoms with van der Waals surface area (Å²) in [4.78, 5) is 23.6. The highest BCUT2D eigenvalue weighted by Crippen LogP contribution is 2.31. The predicted octanol–water partition coefficient (Wildman–Crippen LogP) is 4.77. The molecule has 0 spiro atoms. The zero-order valence-corrected chi connectivity index (χ0v) is 18.6. The molecule has 1 aromatic carbocycles. The van der Waals surface area contributed by atoms with Gasteiger partial charge in [0.15, 0.2) is 0 Å². The number of halogens is 3. The third-order valence-electron chi connectivity index (χ3n) is 5.11.